The van der Waals surface area contributed by atoms with E-state index in [9.17, 15) is 0 Å². The molecule has 0 amide bonds. The van der Waals surface area contributed by atoms with Gasteiger partial charge in [0, 0.05) is 24.5 Å². The van der Waals surface area contributed by atoms with Crippen LogP contribution >= 0.6 is 15.9 Å². The zero-order chi connectivity index (χ0) is 12.3. The summed E-state index contributed by atoms with van der Waals surface area (Å²) in [6, 6.07) is 0. The number of hydrogen-bond donors (Lipinski definition) is 0. The molecule has 17 heavy (non-hydrogen) atoms. The van der Waals surface area contributed by atoms with Gasteiger partial charge in [0.1, 0.15) is 0 Å². The molecule has 0 aliphatic heterocycles. The Balaban J connectivity index is 2.01. The minimum atomic E-state index is 0.961. The molecule has 1 aromatic rings. The fourth-order valence-corrected chi connectivity index (χ4v) is 2.30. The van der Waals surface area contributed by atoms with Gasteiger partial charge in [0.25, 0.3) is 0 Å². The molecule has 1 aromatic heterocycles. The Kier molecular flexibility index (Phi) is 8.32. The summed E-state index contributed by atoms with van der Waals surface area (Å²) in [5.74, 6) is 0. The largest absolute Gasteiger partial charge is 0.252 e. The van der Waals surface area contributed by atoms with Crippen LogP contribution in [0.5, 0.6) is 0 Å². The van der Waals surface area contributed by atoms with E-state index in [1.807, 2.05) is 4.68 Å². The van der Waals surface area contributed by atoms with Crippen molar-refractivity contribution in [1.29, 1.82) is 0 Å². The standard InChI is InChI=1S/C13H24BrN3/c1-2-3-4-5-6-7-8-11-17-12-13(9-10-14)15-16-17/h12H,2-11H2,1H3. The number of aromatic nitrogens is 3. The maximum atomic E-state index is 4.13. The molecular weight excluding hydrogens is 278 g/mol. The highest BCUT2D eigenvalue weighted by atomic mass is 79.9. The van der Waals surface area contributed by atoms with Gasteiger partial charge >= 0.3 is 0 Å². The lowest BCUT2D eigenvalue weighted by atomic mass is 10.1. The Bertz CT molecular complexity index is 286. The summed E-state index contributed by atoms with van der Waals surface area (Å²) in [6.07, 6.45) is 12.4. The SMILES string of the molecule is CCCCCCCCCn1cc(CCBr)nn1. The van der Waals surface area contributed by atoms with Gasteiger partial charge in [0.15, 0.2) is 0 Å². The summed E-state index contributed by atoms with van der Waals surface area (Å²) in [4.78, 5) is 0. The molecular formula is C13H24BrN3. The van der Waals surface area contributed by atoms with Gasteiger partial charge < -0.3 is 0 Å². The van der Waals surface area contributed by atoms with Gasteiger partial charge in [-0.2, -0.15) is 0 Å². The minimum absolute atomic E-state index is 0.961. The molecule has 1 heterocycles. The fraction of sp³-hybridized carbons (Fsp3) is 0.846. The van der Waals surface area contributed by atoms with Crippen molar-refractivity contribution in [2.45, 2.75) is 64.8 Å². The first kappa shape index (κ1) is 14.7. The van der Waals surface area contributed by atoms with E-state index < -0.39 is 0 Å². The Morgan fingerprint density at radius 2 is 1.82 bits per heavy atom. The van der Waals surface area contributed by atoms with Crippen molar-refractivity contribution in [1.82, 2.24) is 15.0 Å². The average Bonchev–Trinajstić information content (AvgIpc) is 2.76. The number of rotatable bonds is 10. The minimum Gasteiger partial charge on any atom is -0.252 e. The van der Waals surface area contributed by atoms with Crippen LogP contribution in [0.15, 0.2) is 6.20 Å². The van der Waals surface area contributed by atoms with Crippen LogP contribution in [0.1, 0.15) is 57.6 Å². The average molecular weight is 302 g/mol. The molecule has 0 N–H and O–H groups in total. The van der Waals surface area contributed by atoms with E-state index in [2.05, 4.69) is 39.4 Å². The smallest absolute Gasteiger partial charge is 0.0835 e. The third-order valence-electron chi connectivity index (χ3n) is 2.93. The van der Waals surface area contributed by atoms with E-state index in [1.165, 1.54) is 44.9 Å². The van der Waals surface area contributed by atoms with E-state index in [0.29, 0.717) is 0 Å². The van der Waals surface area contributed by atoms with E-state index in [4.69, 9.17) is 0 Å². The summed E-state index contributed by atoms with van der Waals surface area (Å²) in [5.41, 5.74) is 1.09. The lowest BCUT2D eigenvalue weighted by Crippen LogP contribution is -1.98. The number of unbranched alkanes of at least 4 members (excludes halogenated alkanes) is 6. The molecule has 0 fully saturated rings. The second-order valence-corrected chi connectivity index (χ2v) is 5.33. The molecule has 0 spiro atoms. The van der Waals surface area contributed by atoms with Crippen LogP contribution in [0.2, 0.25) is 0 Å². The van der Waals surface area contributed by atoms with Crippen molar-refractivity contribution in [2.24, 2.45) is 0 Å². The molecule has 0 aliphatic rings. The lowest BCUT2D eigenvalue weighted by Gasteiger charge is -2.01. The molecule has 0 radical (unpaired) electrons. The highest BCUT2D eigenvalue weighted by Crippen LogP contribution is 2.07. The first-order valence-electron chi connectivity index (χ1n) is 6.81. The van der Waals surface area contributed by atoms with Crippen molar-refractivity contribution in [3.05, 3.63) is 11.9 Å². The van der Waals surface area contributed by atoms with Gasteiger partial charge in [-0.25, -0.2) is 0 Å². The maximum Gasteiger partial charge on any atom is 0.0835 e. The van der Waals surface area contributed by atoms with Gasteiger partial charge in [-0.05, 0) is 6.42 Å². The van der Waals surface area contributed by atoms with Gasteiger partial charge in [0.2, 0.25) is 0 Å². The topological polar surface area (TPSA) is 30.7 Å². The quantitative estimate of drug-likeness (QED) is 0.484. The molecule has 0 unspecified atom stereocenters. The van der Waals surface area contributed by atoms with Crippen LogP contribution in [0.25, 0.3) is 0 Å². The van der Waals surface area contributed by atoms with E-state index >= 15 is 0 Å². The lowest BCUT2D eigenvalue weighted by molar-refractivity contribution is 0.513. The normalized spacial score (nSPS) is 10.9. The van der Waals surface area contributed by atoms with Crippen molar-refractivity contribution in [3.8, 4) is 0 Å². The maximum absolute atomic E-state index is 4.13. The second kappa shape index (κ2) is 9.63. The molecule has 0 bridgehead atoms. The predicted octanol–water partition coefficient (Wildman–Crippen LogP) is 3.97. The van der Waals surface area contributed by atoms with Crippen LogP contribution < -0.4 is 0 Å². The van der Waals surface area contributed by atoms with Crippen molar-refractivity contribution >= 4 is 15.9 Å². The molecule has 98 valence electrons. The summed E-state index contributed by atoms with van der Waals surface area (Å²) < 4.78 is 1.98. The number of alkyl halides is 1. The zero-order valence-electron chi connectivity index (χ0n) is 10.9. The number of aryl methyl sites for hydroxylation is 2. The molecule has 0 saturated heterocycles. The Labute approximate surface area is 113 Å². The molecule has 0 atom stereocenters. The number of nitrogens with zero attached hydrogens (tertiary/aromatic N) is 3. The third-order valence-corrected chi connectivity index (χ3v) is 3.32. The van der Waals surface area contributed by atoms with Crippen LogP contribution in [-0.4, -0.2) is 20.3 Å². The number of halogens is 1. The van der Waals surface area contributed by atoms with Gasteiger partial charge in [-0.3, -0.25) is 4.68 Å². The second-order valence-electron chi connectivity index (χ2n) is 4.53. The Hall–Kier alpha value is -0.380. The van der Waals surface area contributed by atoms with Crippen molar-refractivity contribution < 1.29 is 0 Å². The van der Waals surface area contributed by atoms with Crippen LogP contribution in [0.4, 0.5) is 0 Å². The van der Waals surface area contributed by atoms with E-state index in [0.717, 1.165) is 24.0 Å². The van der Waals surface area contributed by atoms with Crippen LogP contribution in [0, 0.1) is 0 Å². The molecule has 0 aliphatic carbocycles. The molecule has 3 nitrogen and oxygen atoms in total. The van der Waals surface area contributed by atoms with Gasteiger partial charge in [0.05, 0.1) is 5.69 Å². The third kappa shape index (κ3) is 6.81. The monoisotopic (exact) mass is 301 g/mol. The van der Waals surface area contributed by atoms with Gasteiger partial charge in [-0.15, -0.1) is 5.10 Å². The van der Waals surface area contributed by atoms with E-state index in [1.54, 1.807) is 0 Å². The van der Waals surface area contributed by atoms with Gasteiger partial charge in [-0.1, -0.05) is 66.6 Å². The van der Waals surface area contributed by atoms with Crippen molar-refractivity contribution in [3.63, 3.8) is 0 Å². The van der Waals surface area contributed by atoms with E-state index in [-0.39, 0.29) is 0 Å². The molecule has 1 rings (SSSR count). The van der Waals surface area contributed by atoms with Crippen molar-refractivity contribution in [2.75, 3.05) is 5.33 Å². The summed E-state index contributed by atoms with van der Waals surface area (Å²) in [5, 5.41) is 9.22. The molecule has 0 saturated carbocycles. The summed E-state index contributed by atoms with van der Waals surface area (Å²) >= 11 is 3.41. The summed E-state index contributed by atoms with van der Waals surface area (Å²) in [7, 11) is 0. The number of hydrogen-bond acceptors (Lipinski definition) is 2. The fourth-order valence-electron chi connectivity index (χ4n) is 1.89. The highest BCUT2D eigenvalue weighted by Gasteiger charge is 1.99. The zero-order valence-corrected chi connectivity index (χ0v) is 12.5. The first-order chi connectivity index (χ1) is 8.36. The first-order valence-corrected chi connectivity index (χ1v) is 7.94. The Morgan fingerprint density at radius 3 is 2.53 bits per heavy atom. The predicted molar refractivity (Wildman–Crippen MR) is 75.5 cm³/mol. The Morgan fingerprint density at radius 1 is 1.12 bits per heavy atom. The molecule has 4 heteroatoms. The molecule has 0 aromatic carbocycles. The van der Waals surface area contributed by atoms with Crippen LogP contribution in [0.3, 0.4) is 0 Å². The highest BCUT2D eigenvalue weighted by molar-refractivity contribution is 9.09. The summed E-state index contributed by atoms with van der Waals surface area (Å²) in [6.45, 7) is 3.28. The van der Waals surface area contributed by atoms with Crippen LogP contribution in [-0.2, 0) is 13.0 Å².